The van der Waals surface area contributed by atoms with E-state index in [4.69, 9.17) is 4.74 Å². The zero-order valence-corrected chi connectivity index (χ0v) is 13.7. The molecule has 1 aromatic rings. The molecule has 0 bridgehead atoms. The van der Waals surface area contributed by atoms with Gasteiger partial charge in [-0.1, -0.05) is 44.8 Å². The van der Waals surface area contributed by atoms with Gasteiger partial charge in [0.25, 0.3) is 0 Å². The van der Waals surface area contributed by atoms with Gasteiger partial charge in [0.2, 0.25) is 0 Å². The minimum absolute atomic E-state index is 0.0557. The van der Waals surface area contributed by atoms with Crippen molar-refractivity contribution in [1.82, 2.24) is 0 Å². The highest BCUT2D eigenvalue weighted by Gasteiger charge is 2.49. The van der Waals surface area contributed by atoms with Gasteiger partial charge in [0, 0.05) is 22.5 Å². The molecule has 2 saturated heterocycles. The summed E-state index contributed by atoms with van der Waals surface area (Å²) in [6, 6.07) is 10.3. The van der Waals surface area contributed by atoms with Crippen LogP contribution in [0.3, 0.4) is 0 Å². The fraction of sp³-hybridized carbons (Fsp3) is 0.500. The van der Waals surface area contributed by atoms with Gasteiger partial charge in [0.05, 0.1) is 12.7 Å². The molecule has 4 unspecified atom stereocenters. The fourth-order valence-corrected chi connectivity index (χ4v) is 8.01. The Morgan fingerprint density at radius 3 is 2.86 bits per heavy atom. The van der Waals surface area contributed by atoms with Crippen LogP contribution in [-0.2, 0) is 10.9 Å². The molecule has 4 atom stereocenters. The Balaban J connectivity index is 1.79. The molecule has 0 saturated carbocycles. The number of benzene rings is 1. The molecule has 0 aromatic heterocycles. The molecule has 0 amide bonds. The molecule has 3 rings (SSSR count). The van der Waals surface area contributed by atoms with Gasteiger partial charge in [-0.15, -0.1) is 11.8 Å². The van der Waals surface area contributed by atoms with Crippen molar-refractivity contribution in [2.24, 2.45) is 0 Å². The van der Waals surface area contributed by atoms with Crippen LogP contribution >= 0.6 is 19.7 Å². The predicted octanol–water partition coefficient (Wildman–Crippen LogP) is 3.12. The number of ether oxygens (including phenoxy) is 1. The molecule has 0 aliphatic carbocycles. The Bertz CT molecular complexity index is 510. The van der Waals surface area contributed by atoms with Gasteiger partial charge in [-0.05, 0) is 18.1 Å². The van der Waals surface area contributed by atoms with Crippen molar-refractivity contribution in [3.05, 3.63) is 47.1 Å². The monoisotopic (exact) mass is 324 g/mol. The van der Waals surface area contributed by atoms with Crippen LogP contribution in [0, 0.1) is 0 Å². The lowest BCUT2D eigenvalue weighted by Crippen LogP contribution is -2.50. The Morgan fingerprint density at radius 1 is 1.38 bits per heavy atom. The number of thioether (sulfide) groups is 1. The van der Waals surface area contributed by atoms with E-state index in [-0.39, 0.29) is 5.66 Å². The minimum Gasteiger partial charge on any atom is -0.393 e. The fourth-order valence-electron chi connectivity index (χ4n) is 2.98. The first-order valence-corrected chi connectivity index (χ1v) is 9.83. The second kappa shape index (κ2) is 6.39. The SMILES string of the molecule is C=C1SCC(C2(O)CC(O)CCO2)P1Cc1ccccc1. The lowest BCUT2D eigenvalue weighted by Gasteiger charge is -2.41. The zero-order chi connectivity index (χ0) is 14.9. The van der Waals surface area contributed by atoms with Gasteiger partial charge in [0.1, 0.15) is 0 Å². The number of aliphatic hydroxyl groups excluding tert-OH is 1. The van der Waals surface area contributed by atoms with Crippen LogP contribution in [0.15, 0.2) is 41.6 Å². The van der Waals surface area contributed by atoms with Gasteiger partial charge in [-0.2, -0.15) is 0 Å². The van der Waals surface area contributed by atoms with Crippen molar-refractivity contribution in [3.63, 3.8) is 0 Å². The molecule has 2 heterocycles. The normalized spacial score (nSPS) is 36.9. The minimum atomic E-state index is -1.19. The summed E-state index contributed by atoms with van der Waals surface area (Å²) in [6.45, 7) is 4.62. The van der Waals surface area contributed by atoms with Crippen LogP contribution in [-0.4, -0.2) is 40.1 Å². The highest BCUT2D eigenvalue weighted by atomic mass is 32.2. The Kier molecular flexibility index (Phi) is 4.72. The number of hydrogen-bond donors (Lipinski definition) is 2. The maximum Gasteiger partial charge on any atom is 0.175 e. The van der Waals surface area contributed by atoms with Crippen molar-refractivity contribution in [2.75, 3.05) is 12.4 Å². The van der Waals surface area contributed by atoms with E-state index in [2.05, 4.69) is 18.7 Å². The molecule has 2 aliphatic heterocycles. The average Bonchev–Trinajstić information content (AvgIpc) is 2.82. The summed E-state index contributed by atoms with van der Waals surface area (Å²) in [5, 5.41) is 20.8. The first kappa shape index (κ1) is 15.5. The summed E-state index contributed by atoms with van der Waals surface area (Å²) in [6.07, 6.45) is 1.39. The number of aliphatic hydroxyl groups is 2. The predicted molar refractivity (Wildman–Crippen MR) is 88.6 cm³/mol. The molecule has 0 radical (unpaired) electrons. The van der Waals surface area contributed by atoms with Crippen molar-refractivity contribution in [2.45, 2.75) is 36.6 Å². The van der Waals surface area contributed by atoms with Crippen molar-refractivity contribution in [3.8, 4) is 0 Å². The topological polar surface area (TPSA) is 49.7 Å². The molecule has 3 nitrogen and oxygen atoms in total. The quantitative estimate of drug-likeness (QED) is 0.839. The van der Waals surface area contributed by atoms with E-state index >= 15 is 0 Å². The lowest BCUT2D eigenvalue weighted by molar-refractivity contribution is -0.241. The average molecular weight is 324 g/mol. The van der Waals surface area contributed by atoms with Crippen LogP contribution in [0.25, 0.3) is 0 Å². The zero-order valence-electron chi connectivity index (χ0n) is 11.9. The van der Waals surface area contributed by atoms with E-state index in [0.717, 1.165) is 11.9 Å². The van der Waals surface area contributed by atoms with Crippen LogP contribution < -0.4 is 0 Å². The highest BCUT2D eigenvalue weighted by molar-refractivity contribution is 8.12. The molecule has 1 aromatic carbocycles. The largest absolute Gasteiger partial charge is 0.393 e. The van der Waals surface area contributed by atoms with Crippen LogP contribution in [0.5, 0.6) is 0 Å². The third-order valence-corrected chi connectivity index (χ3v) is 9.01. The van der Waals surface area contributed by atoms with E-state index in [1.165, 1.54) is 10.2 Å². The van der Waals surface area contributed by atoms with Crippen molar-refractivity contribution < 1.29 is 14.9 Å². The Morgan fingerprint density at radius 2 is 2.14 bits per heavy atom. The molecule has 2 fully saturated rings. The first-order valence-electron chi connectivity index (χ1n) is 7.25. The summed E-state index contributed by atoms with van der Waals surface area (Å²) in [5.41, 5.74) is 1.33. The van der Waals surface area contributed by atoms with Crippen molar-refractivity contribution >= 4 is 19.7 Å². The third-order valence-electron chi connectivity index (χ3n) is 4.15. The first-order chi connectivity index (χ1) is 10.1. The second-order valence-corrected chi connectivity index (χ2v) is 9.51. The molecule has 5 heteroatoms. The highest BCUT2D eigenvalue weighted by Crippen LogP contribution is 2.65. The molecular formula is C16H21O3PS. The van der Waals surface area contributed by atoms with E-state index in [9.17, 15) is 10.2 Å². The summed E-state index contributed by atoms with van der Waals surface area (Å²) < 4.78 is 6.87. The summed E-state index contributed by atoms with van der Waals surface area (Å²) in [7, 11) is -0.554. The van der Waals surface area contributed by atoms with Crippen LogP contribution in [0.2, 0.25) is 0 Å². The Labute approximate surface area is 131 Å². The Hall–Kier alpha value is -0.380. The third kappa shape index (κ3) is 3.35. The standard InChI is InChI=1S/C16H21O3PS/c1-12-20(10-13-5-3-2-4-6-13)15(11-21-12)16(18)9-14(17)7-8-19-16/h2-6,14-15,17-18H,1,7-11H2. The van der Waals surface area contributed by atoms with E-state index in [0.29, 0.717) is 19.4 Å². The molecule has 0 spiro atoms. The molecule has 2 aliphatic rings. The molecule has 21 heavy (non-hydrogen) atoms. The summed E-state index contributed by atoms with van der Waals surface area (Å²) >= 11 is 1.74. The van der Waals surface area contributed by atoms with E-state index < -0.39 is 19.8 Å². The lowest BCUT2D eigenvalue weighted by atomic mass is 10.0. The van der Waals surface area contributed by atoms with Gasteiger partial charge in [0.15, 0.2) is 5.79 Å². The van der Waals surface area contributed by atoms with Crippen molar-refractivity contribution in [1.29, 1.82) is 0 Å². The number of hydrogen-bond acceptors (Lipinski definition) is 4. The van der Waals surface area contributed by atoms with Gasteiger partial charge >= 0.3 is 0 Å². The smallest absolute Gasteiger partial charge is 0.175 e. The van der Waals surface area contributed by atoms with Crippen LogP contribution in [0.1, 0.15) is 18.4 Å². The second-order valence-electron chi connectivity index (χ2n) is 5.67. The summed E-state index contributed by atoms with van der Waals surface area (Å²) in [5.74, 6) is -0.356. The van der Waals surface area contributed by atoms with Crippen LogP contribution in [0.4, 0.5) is 0 Å². The maximum atomic E-state index is 10.9. The van der Waals surface area contributed by atoms with Gasteiger partial charge in [-0.25, -0.2) is 0 Å². The molecular weight excluding hydrogens is 303 g/mol. The van der Waals surface area contributed by atoms with Gasteiger partial charge in [-0.3, -0.25) is 0 Å². The molecule has 2 N–H and O–H groups in total. The van der Waals surface area contributed by atoms with E-state index in [1.54, 1.807) is 11.8 Å². The summed E-state index contributed by atoms with van der Waals surface area (Å²) in [4.78, 5) is 0. The van der Waals surface area contributed by atoms with Gasteiger partial charge < -0.3 is 14.9 Å². The molecule has 114 valence electrons. The van der Waals surface area contributed by atoms with E-state index in [1.807, 2.05) is 18.2 Å². The number of rotatable bonds is 3. The maximum absolute atomic E-state index is 10.9.